The number of hydrogen-bond donors (Lipinski definition) is 2. The van der Waals surface area contributed by atoms with Crippen molar-refractivity contribution in [3.63, 3.8) is 0 Å². The van der Waals surface area contributed by atoms with E-state index in [1.54, 1.807) is 24.3 Å². The standard InChI is InChI=1S/C26H24F3NO6/c1-2-34-23-10-9-20(19-7-3-5-17(11-19)13-24(31)32)14-21(23)15-30-25(33)35-16-18-6-4-8-22(12-18)36-26(27,28)29/h3-12,14H,2,13,15-16H2,1H3,(H,30,33)(H,31,32). The average Bonchev–Trinajstić information content (AvgIpc) is 2.81. The predicted molar refractivity (Wildman–Crippen MR) is 125 cm³/mol. The van der Waals surface area contributed by atoms with Gasteiger partial charge in [0.2, 0.25) is 0 Å². The van der Waals surface area contributed by atoms with E-state index in [0.29, 0.717) is 29.0 Å². The number of carboxylic acid groups (broad SMARTS) is 1. The highest BCUT2D eigenvalue weighted by molar-refractivity contribution is 5.73. The van der Waals surface area contributed by atoms with Crippen LogP contribution in [0.1, 0.15) is 23.6 Å². The molecule has 0 saturated heterocycles. The van der Waals surface area contributed by atoms with Gasteiger partial charge >= 0.3 is 18.4 Å². The van der Waals surface area contributed by atoms with Gasteiger partial charge in [-0.25, -0.2) is 4.79 Å². The van der Waals surface area contributed by atoms with Crippen LogP contribution >= 0.6 is 0 Å². The highest BCUT2D eigenvalue weighted by Gasteiger charge is 2.31. The smallest absolute Gasteiger partial charge is 0.494 e. The minimum Gasteiger partial charge on any atom is -0.494 e. The van der Waals surface area contributed by atoms with E-state index in [1.807, 2.05) is 25.1 Å². The maximum absolute atomic E-state index is 12.4. The largest absolute Gasteiger partial charge is 0.573 e. The van der Waals surface area contributed by atoms with E-state index in [4.69, 9.17) is 14.6 Å². The molecule has 3 aromatic rings. The van der Waals surface area contributed by atoms with Crippen LogP contribution in [0.3, 0.4) is 0 Å². The van der Waals surface area contributed by atoms with Gasteiger partial charge in [0, 0.05) is 12.1 Å². The van der Waals surface area contributed by atoms with Crippen molar-refractivity contribution in [2.45, 2.75) is 32.9 Å². The SMILES string of the molecule is CCOc1ccc(-c2cccc(CC(=O)O)c2)cc1CNC(=O)OCc1cccc(OC(F)(F)F)c1. The van der Waals surface area contributed by atoms with Gasteiger partial charge in [-0.05, 0) is 53.4 Å². The van der Waals surface area contributed by atoms with Crippen LogP contribution in [0.15, 0.2) is 66.7 Å². The van der Waals surface area contributed by atoms with Crippen molar-refractivity contribution in [3.05, 3.63) is 83.4 Å². The Morgan fingerprint density at radius 1 is 0.944 bits per heavy atom. The maximum atomic E-state index is 12.4. The molecule has 0 atom stereocenters. The Morgan fingerprint density at radius 3 is 2.39 bits per heavy atom. The first kappa shape index (κ1) is 26.4. The van der Waals surface area contributed by atoms with E-state index >= 15 is 0 Å². The van der Waals surface area contributed by atoms with E-state index in [9.17, 15) is 22.8 Å². The quantitative estimate of drug-likeness (QED) is 0.368. The van der Waals surface area contributed by atoms with Crippen LogP contribution in [-0.4, -0.2) is 30.1 Å². The molecule has 1 amide bonds. The van der Waals surface area contributed by atoms with Crippen LogP contribution in [0, 0.1) is 0 Å². The molecule has 3 rings (SSSR count). The Bertz CT molecular complexity index is 1210. The lowest BCUT2D eigenvalue weighted by Gasteiger charge is -2.14. The molecule has 0 fully saturated rings. The minimum atomic E-state index is -4.82. The monoisotopic (exact) mass is 503 g/mol. The Morgan fingerprint density at radius 2 is 1.67 bits per heavy atom. The second kappa shape index (κ2) is 12.0. The van der Waals surface area contributed by atoms with Gasteiger partial charge in [0.1, 0.15) is 18.1 Å². The summed E-state index contributed by atoms with van der Waals surface area (Å²) in [6.45, 7) is 2.04. The molecule has 0 aliphatic carbocycles. The molecule has 0 bridgehead atoms. The highest BCUT2D eigenvalue weighted by Crippen LogP contribution is 2.28. The third kappa shape index (κ3) is 8.23. The van der Waals surface area contributed by atoms with Crippen molar-refractivity contribution in [2.24, 2.45) is 0 Å². The summed E-state index contributed by atoms with van der Waals surface area (Å²) >= 11 is 0. The van der Waals surface area contributed by atoms with Crippen molar-refractivity contribution in [1.29, 1.82) is 0 Å². The fraction of sp³-hybridized carbons (Fsp3) is 0.231. The van der Waals surface area contributed by atoms with Crippen molar-refractivity contribution < 1.29 is 42.1 Å². The Hall–Kier alpha value is -4.21. The Labute approximate surface area is 205 Å². The summed E-state index contributed by atoms with van der Waals surface area (Å²) in [7, 11) is 0. The summed E-state index contributed by atoms with van der Waals surface area (Å²) in [6, 6.07) is 17.7. The molecular weight excluding hydrogens is 479 g/mol. The molecular formula is C26H24F3NO6. The summed E-state index contributed by atoms with van der Waals surface area (Å²) in [5.41, 5.74) is 3.25. The maximum Gasteiger partial charge on any atom is 0.573 e. The van der Waals surface area contributed by atoms with Gasteiger partial charge in [-0.2, -0.15) is 0 Å². The van der Waals surface area contributed by atoms with E-state index in [0.717, 1.165) is 23.3 Å². The number of alkyl halides is 3. The number of halogens is 3. The minimum absolute atomic E-state index is 0.0635. The highest BCUT2D eigenvalue weighted by atomic mass is 19.4. The van der Waals surface area contributed by atoms with Crippen LogP contribution in [-0.2, 0) is 29.1 Å². The summed E-state index contributed by atoms with van der Waals surface area (Å²) in [6.07, 6.45) is -5.69. The van der Waals surface area contributed by atoms with Crippen LogP contribution in [0.5, 0.6) is 11.5 Å². The van der Waals surface area contributed by atoms with Gasteiger partial charge in [-0.15, -0.1) is 13.2 Å². The fourth-order valence-corrected chi connectivity index (χ4v) is 3.43. The summed E-state index contributed by atoms with van der Waals surface area (Å²) < 4.78 is 51.8. The van der Waals surface area contributed by atoms with Crippen molar-refractivity contribution in [2.75, 3.05) is 6.61 Å². The van der Waals surface area contributed by atoms with Crippen molar-refractivity contribution >= 4 is 12.1 Å². The number of rotatable bonds is 10. The predicted octanol–water partition coefficient (Wildman–Crippen LogP) is 5.70. The molecule has 0 saturated carbocycles. The molecule has 10 heteroatoms. The number of amides is 1. The Balaban J connectivity index is 1.66. The summed E-state index contributed by atoms with van der Waals surface area (Å²) in [5, 5.41) is 11.7. The van der Waals surface area contributed by atoms with Crippen LogP contribution in [0.25, 0.3) is 11.1 Å². The summed E-state index contributed by atoms with van der Waals surface area (Å²) in [4.78, 5) is 23.3. The third-order valence-corrected chi connectivity index (χ3v) is 4.90. The average molecular weight is 503 g/mol. The first-order valence-corrected chi connectivity index (χ1v) is 10.9. The number of nitrogens with one attached hydrogen (secondary N) is 1. The molecule has 3 aromatic carbocycles. The third-order valence-electron chi connectivity index (χ3n) is 4.90. The van der Waals surface area contributed by atoms with Gasteiger partial charge < -0.3 is 24.6 Å². The number of alkyl carbamates (subject to hydrolysis) is 1. The van der Waals surface area contributed by atoms with Crippen molar-refractivity contribution in [3.8, 4) is 22.6 Å². The van der Waals surface area contributed by atoms with Crippen molar-refractivity contribution in [1.82, 2.24) is 5.32 Å². The molecule has 36 heavy (non-hydrogen) atoms. The zero-order valence-corrected chi connectivity index (χ0v) is 19.3. The van der Waals surface area contributed by atoms with Gasteiger partial charge in [0.15, 0.2) is 0 Å². The number of benzene rings is 3. The second-order valence-corrected chi connectivity index (χ2v) is 7.65. The van der Waals surface area contributed by atoms with Crippen LogP contribution < -0.4 is 14.8 Å². The van der Waals surface area contributed by atoms with E-state index in [2.05, 4.69) is 10.1 Å². The Kier molecular flexibility index (Phi) is 8.77. The molecule has 0 unspecified atom stereocenters. The molecule has 0 radical (unpaired) electrons. The van der Waals surface area contributed by atoms with Gasteiger partial charge in [-0.3, -0.25) is 4.79 Å². The lowest BCUT2D eigenvalue weighted by Crippen LogP contribution is -2.24. The topological polar surface area (TPSA) is 94.1 Å². The number of aliphatic carboxylic acids is 1. The zero-order valence-electron chi connectivity index (χ0n) is 19.3. The molecule has 0 aromatic heterocycles. The first-order valence-electron chi connectivity index (χ1n) is 10.9. The fourth-order valence-electron chi connectivity index (χ4n) is 3.43. The number of carbonyl (C=O) groups excluding carboxylic acids is 1. The number of ether oxygens (including phenoxy) is 3. The van der Waals surface area contributed by atoms with Crippen LogP contribution in [0.4, 0.5) is 18.0 Å². The zero-order chi connectivity index (χ0) is 26.1. The number of carbonyl (C=O) groups is 2. The molecule has 0 aliphatic heterocycles. The first-order chi connectivity index (χ1) is 17.1. The lowest BCUT2D eigenvalue weighted by atomic mass is 9.99. The summed E-state index contributed by atoms with van der Waals surface area (Å²) in [5.74, 6) is -0.781. The second-order valence-electron chi connectivity index (χ2n) is 7.65. The van der Waals surface area contributed by atoms with Gasteiger partial charge in [0.05, 0.1) is 13.0 Å². The van der Waals surface area contributed by atoms with E-state index < -0.39 is 24.2 Å². The normalized spacial score (nSPS) is 11.0. The van der Waals surface area contributed by atoms with Crippen LogP contribution in [0.2, 0.25) is 0 Å². The van der Waals surface area contributed by atoms with Gasteiger partial charge in [0.25, 0.3) is 0 Å². The molecule has 0 spiro atoms. The molecule has 7 nitrogen and oxygen atoms in total. The molecule has 190 valence electrons. The van der Waals surface area contributed by atoms with E-state index in [1.165, 1.54) is 12.1 Å². The molecule has 0 aliphatic rings. The number of carboxylic acids is 1. The lowest BCUT2D eigenvalue weighted by molar-refractivity contribution is -0.274. The molecule has 2 N–H and O–H groups in total. The van der Waals surface area contributed by atoms with Gasteiger partial charge in [-0.1, -0.05) is 42.5 Å². The van der Waals surface area contributed by atoms with E-state index in [-0.39, 0.29) is 19.6 Å². The number of hydrogen-bond acceptors (Lipinski definition) is 5. The molecule has 0 heterocycles.